The van der Waals surface area contributed by atoms with Gasteiger partial charge in [0, 0.05) is 26.2 Å². The van der Waals surface area contributed by atoms with E-state index in [1.807, 2.05) is 31.2 Å². The number of fused-ring (bicyclic) bond motifs is 1. The quantitative estimate of drug-likeness (QED) is 0.608. The number of carbonyl (C=O) groups excluding carboxylic acids is 2. The fourth-order valence-electron chi connectivity index (χ4n) is 5.67. The van der Waals surface area contributed by atoms with Crippen LogP contribution in [0.25, 0.3) is 0 Å². The van der Waals surface area contributed by atoms with Gasteiger partial charge >= 0.3 is 0 Å². The van der Waals surface area contributed by atoms with E-state index in [0.29, 0.717) is 37.3 Å². The Morgan fingerprint density at radius 3 is 2.76 bits per heavy atom. The highest BCUT2D eigenvalue weighted by Crippen LogP contribution is 2.47. The van der Waals surface area contributed by atoms with Crippen molar-refractivity contribution in [1.29, 1.82) is 0 Å². The normalized spacial score (nSPS) is 29.6. The second-order valence-electron chi connectivity index (χ2n) is 9.49. The van der Waals surface area contributed by atoms with Gasteiger partial charge in [0.05, 0.1) is 37.4 Å². The summed E-state index contributed by atoms with van der Waals surface area (Å²) in [6, 6.07) is 7.02. The van der Waals surface area contributed by atoms with E-state index < -0.39 is 24.2 Å². The molecule has 0 bridgehead atoms. The van der Waals surface area contributed by atoms with Crippen LogP contribution in [0.4, 0.5) is 4.39 Å². The fourth-order valence-corrected chi connectivity index (χ4v) is 5.67. The number of hydrogen-bond donors (Lipinski definition) is 0. The molecule has 4 atom stereocenters. The molecule has 0 spiro atoms. The molecule has 0 aromatic heterocycles. The molecule has 7 nitrogen and oxygen atoms in total. The van der Waals surface area contributed by atoms with Gasteiger partial charge in [-0.25, -0.2) is 4.39 Å². The van der Waals surface area contributed by atoms with Gasteiger partial charge in [-0.2, -0.15) is 0 Å². The summed E-state index contributed by atoms with van der Waals surface area (Å²) in [5, 5.41) is 0. The van der Waals surface area contributed by atoms with Crippen LogP contribution >= 0.6 is 0 Å². The van der Waals surface area contributed by atoms with Crippen LogP contribution in [0.5, 0.6) is 5.75 Å². The first-order valence-corrected chi connectivity index (χ1v) is 12.5. The standard InChI is InChI=1S/C26H33FN2O5/c1-2-33-19-6-3-5-17(15-19)23-22-24(30)20-16-18(27)7-8-21(20)34-25(22)26(31)29(23)10-4-9-28-11-13-32-14-12-28/h3,5-6,15,18,20-21,23H,2,4,7-14,16H2,1H3. The van der Waals surface area contributed by atoms with Crippen molar-refractivity contribution in [3.05, 3.63) is 41.2 Å². The highest BCUT2D eigenvalue weighted by molar-refractivity contribution is 6.11. The lowest BCUT2D eigenvalue weighted by Gasteiger charge is -2.36. The first-order valence-electron chi connectivity index (χ1n) is 12.5. The molecule has 34 heavy (non-hydrogen) atoms. The van der Waals surface area contributed by atoms with Crippen molar-refractivity contribution in [2.45, 2.75) is 50.9 Å². The van der Waals surface area contributed by atoms with Crippen LogP contribution in [0.2, 0.25) is 0 Å². The minimum Gasteiger partial charge on any atom is -0.494 e. The second-order valence-corrected chi connectivity index (χ2v) is 9.49. The van der Waals surface area contributed by atoms with Gasteiger partial charge in [-0.1, -0.05) is 12.1 Å². The first-order chi connectivity index (χ1) is 16.6. The Hall–Kier alpha value is -2.45. The molecule has 4 unspecified atom stereocenters. The Kier molecular flexibility index (Phi) is 6.88. The third-order valence-electron chi connectivity index (χ3n) is 7.34. The van der Waals surface area contributed by atoms with Gasteiger partial charge in [-0.15, -0.1) is 0 Å². The number of benzene rings is 1. The van der Waals surface area contributed by atoms with Crippen molar-refractivity contribution in [3.8, 4) is 5.75 Å². The van der Waals surface area contributed by atoms with Crippen molar-refractivity contribution in [1.82, 2.24) is 9.80 Å². The zero-order valence-corrected chi connectivity index (χ0v) is 19.7. The summed E-state index contributed by atoms with van der Waals surface area (Å²) < 4.78 is 31.5. The number of ketones is 1. The molecule has 1 aromatic carbocycles. The molecule has 3 aliphatic heterocycles. The first kappa shape index (κ1) is 23.3. The molecule has 1 aliphatic carbocycles. The average molecular weight is 473 g/mol. The Morgan fingerprint density at radius 1 is 1.15 bits per heavy atom. The van der Waals surface area contributed by atoms with Crippen molar-refractivity contribution in [3.63, 3.8) is 0 Å². The van der Waals surface area contributed by atoms with E-state index in [2.05, 4.69) is 4.90 Å². The summed E-state index contributed by atoms with van der Waals surface area (Å²) in [5.74, 6) is -0.0383. The van der Waals surface area contributed by atoms with Gasteiger partial charge in [0.2, 0.25) is 0 Å². The smallest absolute Gasteiger partial charge is 0.290 e. The molecule has 184 valence electrons. The van der Waals surface area contributed by atoms with Gasteiger partial charge < -0.3 is 19.1 Å². The average Bonchev–Trinajstić information content (AvgIpc) is 3.13. The number of amides is 1. The summed E-state index contributed by atoms with van der Waals surface area (Å²) >= 11 is 0. The van der Waals surface area contributed by atoms with E-state index in [9.17, 15) is 14.0 Å². The Balaban J connectivity index is 1.43. The topological polar surface area (TPSA) is 68.3 Å². The van der Waals surface area contributed by atoms with Crippen LogP contribution in [0.15, 0.2) is 35.6 Å². The zero-order chi connectivity index (χ0) is 23.7. The van der Waals surface area contributed by atoms with E-state index in [1.54, 1.807) is 4.90 Å². The van der Waals surface area contributed by atoms with Crippen LogP contribution in [0, 0.1) is 5.92 Å². The van der Waals surface area contributed by atoms with Gasteiger partial charge in [-0.05, 0) is 50.3 Å². The number of morpholine rings is 1. The molecular formula is C26H33FN2O5. The molecule has 8 heteroatoms. The summed E-state index contributed by atoms with van der Waals surface area (Å²) in [7, 11) is 0. The number of ether oxygens (including phenoxy) is 3. The summed E-state index contributed by atoms with van der Waals surface area (Å²) in [6.45, 7) is 7.03. The van der Waals surface area contributed by atoms with Crippen LogP contribution in [0.1, 0.15) is 44.2 Å². The highest BCUT2D eigenvalue weighted by Gasteiger charge is 2.52. The number of rotatable bonds is 7. The molecule has 4 aliphatic rings. The van der Waals surface area contributed by atoms with E-state index >= 15 is 0 Å². The lowest BCUT2D eigenvalue weighted by molar-refractivity contribution is -0.136. The van der Waals surface area contributed by atoms with E-state index in [-0.39, 0.29) is 23.9 Å². The highest BCUT2D eigenvalue weighted by atomic mass is 19.1. The number of Topliss-reactive ketones (excluding diaryl/α,β-unsaturated/α-hetero) is 1. The van der Waals surface area contributed by atoms with Crippen LogP contribution < -0.4 is 4.74 Å². The second kappa shape index (κ2) is 10.0. The molecule has 3 heterocycles. The van der Waals surface area contributed by atoms with Crippen LogP contribution in [-0.2, 0) is 19.1 Å². The molecule has 0 radical (unpaired) electrons. The number of carbonyl (C=O) groups is 2. The Morgan fingerprint density at radius 2 is 1.97 bits per heavy atom. The molecule has 1 saturated carbocycles. The van der Waals surface area contributed by atoms with E-state index in [4.69, 9.17) is 14.2 Å². The fraction of sp³-hybridized carbons (Fsp3) is 0.615. The van der Waals surface area contributed by atoms with Crippen molar-refractivity contribution >= 4 is 11.7 Å². The molecule has 1 aromatic rings. The maximum atomic E-state index is 14.2. The third kappa shape index (κ3) is 4.45. The Labute approximate surface area is 199 Å². The lowest BCUT2D eigenvalue weighted by atomic mass is 9.77. The maximum Gasteiger partial charge on any atom is 0.290 e. The van der Waals surface area contributed by atoms with Gasteiger partial charge in [-0.3, -0.25) is 14.5 Å². The number of hydrogen-bond acceptors (Lipinski definition) is 6. The van der Waals surface area contributed by atoms with Crippen LogP contribution in [0.3, 0.4) is 0 Å². The van der Waals surface area contributed by atoms with Crippen molar-refractivity contribution < 1.29 is 28.2 Å². The number of nitrogens with zero attached hydrogens (tertiary/aromatic N) is 2. The van der Waals surface area contributed by atoms with Crippen LogP contribution in [-0.4, -0.2) is 79.8 Å². The number of halogens is 1. The van der Waals surface area contributed by atoms with E-state index in [1.165, 1.54) is 0 Å². The van der Waals surface area contributed by atoms with E-state index in [0.717, 1.165) is 44.8 Å². The Bertz CT molecular complexity index is 960. The summed E-state index contributed by atoms with van der Waals surface area (Å²) in [4.78, 5) is 31.3. The molecule has 0 N–H and O–H groups in total. The zero-order valence-electron chi connectivity index (χ0n) is 19.7. The number of alkyl halides is 1. The maximum absolute atomic E-state index is 14.2. The minimum atomic E-state index is -1.00. The van der Waals surface area contributed by atoms with Gasteiger partial charge in [0.15, 0.2) is 11.5 Å². The summed E-state index contributed by atoms with van der Waals surface area (Å²) in [5.41, 5.74) is 1.21. The molecule has 1 amide bonds. The monoisotopic (exact) mass is 472 g/mol. The third-order valence-corrected chi connectivity index (χ3v) is 7.34. The minimum absolute atomic E-state index is 0.135. The largest absolute Gasteiger partial charge is 0.494 e. The molecule has 1 saturated heterocycles. The predicted octanol–water partition coefficient (Wildman–Crippen LogP) is 3.05. The van der Waals surface area contributed by atoms with Crippen molar-refractivity contribution in [2.24, 2.45) is 5.92 Å². The summed E-state index contributed by atoms with van der Waals surface area (Å²) in [6.07, 6.45) is 0.360. The molecule has 5 rings (SSSR count). The van der Waals surface area contributed by atoms with Crippen molar-refractivity contribution in [2.75, 3.05) is 46.0 Å². The molecular weight excluding hydrogens is 439 g/mol. The predicted molar refractivity (Wildman–Crippen MR) is 123 cm³/mol. The SMILES string of the molecule is CCOc1cccc(C2C3=C(OC4CCC(F)CC4C3=O)C(=O)N2CCCN2CCOCC2)c1. The van der Waals surface area contributed by atoms with Gasteiger partial charge in [0.1, 0.15) is 18.0 Å². The van der Waals surface area contributed by atoms with Gasteiger partial charge in [0.25, 0.3) is 5.91 Å². The molecule has 2 fully saturated rings. The lowest BCUT2D eigenvalue weighted by Crippen LogP contribution is -2.42.